The summed E-state index contributed by atoms with van der Waals surface area (Å²) in [6.07, 6.45) is 5.49. The zero-order valence-corrected chi connectivity index (χ0v) is 13.8. The van der Waals surface area contributed by atoms with E-state index in [0.717, 1.165) is 22.2 Å². The third-order valence-corrected chi connectivity index (χ3v) is 4.20. The van der Waals surface area contributed by atoms with Crippen molar-refractivity contribution in [1.29, 1.82) is 0 Å². The van der Waals surface area contributed by atoms with Gasteiger partial charge in [-0.1, -0.05) is 30.3 Å². The smallest absolute Gasteiger partial charge is 0.207 e. The molecule has 0 radical (unpaired) electrons. The Labute approximate surface area is 145 Å². The largest absolute Gasteiger partial charge is 0.439 e. The number of rotatable bonds is 3. The second kappa shape index (κ2) is 6.36. The monoisotopic (exact) mass is 331 g/mol. The predicted octanol–water partition coefficient (Wildman–Crippen LogP) is 4.05. The van der Waals surface area contributed by atoms with Crippen LogP contribution in [0.2, 0.25) is 0 Å². The number of benzene rings is 1. The van der Waals surface area contributed by atoms with Crippen LogP contribution in [0.1, 0.15) is 30.5 Å². The van der Waals surface area contributed by atoms with Crippen LogP contribution in [0, 0.1) is 0 Å². The van der Waals surface area contributed by atoms with Crippen molar-refractivity contribution in [3.05, 3.63) is 71.7 Å². The van der Waals surface area contributed by atoms with Gasteiger partial charge < -0.3 is 9.72 Å². The minimum atomic E-state index is -0.0581. The van der Waals surface area contributed by atoms with Gasteiger partial charge in [-0.2, -0.15) is 0 Å². The first-order valence-electron chi connectivity index (χ1n) is 8.17. The maximum absolute atomic E-state index is 12.3. The van der Waals surface area contributed by atoms with E-state index in [4.69, 9.17) is 4.74 Å². The number of nitrogens with zero attached hydrogens (tertiary/aromatic N) is 2. The number of carbonyl (C=O) groups is 1. The van der Waals surface area contributed by atoms with Gasteiger partial charge in [-0.25, -0.2) is 9.98 Å². The average Bonchev–Trinajstić information content (AvgIpc) is 3.20. The molecule has 1 saturated heterocycles. The van der Waals surface area contributed by atoms with Crippen LogP contribution in [-0.4, -0.2) is 21.6 Å². The van der Waals surface area contributed by atoms with Crippen molar-refractivity contribution >= 4 is 28.8 Å². The molecule has 1 unspecified atom stereocenters. The summed E-state index contributed by atoms with van der Waals surface area (Å²) in [5.74, 6) is 0.728. The minimum Gasteiger partial charge on any atom is -0.439 e. The molecule has 124 valence electrons. The summed E-state index contributed by atoms with van der Waals surface area (Å²) in [7, 11) is 0. The highest BCUT2D eigenvalue weighted by Crippen LogP contribution is 2.25. The molecule has 1 N–H and O–H groups in total. The second-order valence-electron chi connectivity index (χ2n) is 5.96. The van der Waals surface area contributed by atoms with E-state index >= 15 is 0 Å². The molecule has 2 aromatic heterocycles. The number of pyridine rings is 1. The number of fused-ring (bicyclic) bond motifs is 1. The first-order valence-corrected chi connectivity index (χ1v) is 8.17. The Morgan fingerprint density at radius 3 is 2.92 bits per heavy atom. The van der Waals surface area contributed by atoms with Gasteiger partial charge in [-0.3, -0.25) is 4.79 Å². The highest BCUT2D eigenvalue weighted by molar-refractivity contribution is 6.14. The topological polar surface area (TPSA) is 67.3 Å². The predicted molar refractivity (Wildman–Crippen MR) is 97.1 cm³/mol. The number of carbonyl (C=O) groups excluding carboxylic acids is 1. The average molecular weight is 331 g/mol. The van der Waals surface area contributed by atoms with Crippen molar-refractivity contribution in [1.82, 2.24) is 9.97 Å². The van der Waals surface area contributed by atoms with Crippen LogP contribution < -0.4 is 0 Å². The van der Waals surface area contributed by atoms with Crippen molar-refractivity contribution in [2.24, 2.45) is 4.99 Å². The number of ether oxygens (including phenoxy) is 1. The Morgan fingerprint density at radius 1 is 1.24 bits per heavy atom. The molecular formula is C20H17N3O2. The molecule has 0 bridgehead atoms. The summed E-state index contributed by atoms with van der Waals surface area (Å²) in [6.45, 7) is 1.99. The summed E-state index contributed by atoms with van der Waals surface area (Å²) >= 11 is 0. The first-order chi connectivity index (χ1) is 12.2. The van der Waals surface area contributed by atoms with E-state index in [1.807, 2.05) is 55.6 Å². The molecule has 0 spiro atoms. The van der Waals surface area contributed by atoms with Gasteiger partial charge in [-0.05, 0) is 30.7 Å². The molecule has 0 aliphatic carbocycles. The zero-order chi connectivity index (χ0) is 17.2. The zero-order valence-electron chi connectivity index (χ0n) is 13.8. The van der Waals surface area contributed by atoms with Gasteiger partial charge in [0.05, 0.1) is 12.5 Å². The number of allylic oxidation sites excluding steroid dienone is 1. The van der Waals surface area contributed by atoms with E-state index in [9.17, 15) is 4.79 Å². The fourth-order valence-electron chi connectivity index (χ4n) is 2.89. The number of nitrogens with one attached hydrogen (secondary N) is 1. The molecule has 0 saturated carbocycles. The molecule has 0 amide bonds. The molecule has 1 aromatic carbocycles. The van der Waals surface area contributed by atoms with E-state index in [0.29, 0.717) is 11.7 Å². The number of ketones is 1. The van der Waals surface area contributed by atoms with Crippen LogP contribution in [0.4, 0.5) is 0 Å². The Kier molecular flexibility index (Phi) is 3.90. The van der Waals surface area contributed by atoms with Gasteiger partial charge in [0.1, 0.15) is 5.65 Å². The summed E-state index contributed by atoms with van der Waals surface area (Å²) < 4.78 is 5.72. The van der Waals surface area contributed by atoms with Crippen molar-refractivity contribution in [3.63, 3.8) is 0 Å². The summed E-state index contributed by atoms with van der Waals surface area (Å²) in [6, 6.07) is 13.7. The Bertz CT molecular complexity index is 986. The first kappa shape index (κ1) is 15.3. The van der Waals surface area contributed by atoms with Crippen LogP contribution >= 0.6 is 0 Å². The lowest BCUT2D eigenvalue weighted by Crippen LogP contribution is -1.98. The molecule has 1 fully saturated rings. The SMILES string of the molecule is CC(N=C1CC(=O)/C(=C/c2c[nH]c3ncccc23)O1)c1ccccc1. The van der Waals surface area contributed by atoms with E-state index in [2.05, 4.69) is 15.0 Å². The number of hydrogen-bond donors (Lipinski definition) is 1. The molecule has 5 nitrogen and oxygen atoms in total. The Balaban J connectivity index is 1.59. The second-order valence-corrected chi connectivity index (χ2v) is 5.96. The van der Waals surface area contributed by atoms with Crippen molar-refractivity contribution in [2.75, 3.05) is 0 Å². The normalized spacial score (nSPS) is 18.8. The Morgan fingerprint density at radius 2 is 2.08 bits per heavy atom. The molecule has 3 heterocycles. The number of aromatic nitrogens is 2. The third kappa shape index (κ3) is 3.08. The van der Waals surface area contributed by atoms with E-state index in [1.54, 1.807) is 12.3 Å². The number of aliphatic imine (C=N–C) groups is 1. The van der Waals surface area contributed by atoms with E-state index in [-0.39, 0.29) is 18.2 Å². The quantitative estimate of drug-likeness (QED) is 0.736. The van der Waals surface area contributed by atoms with Crippen LogP contribution in [0.5, 0.6) is 0 Å². The molecule has 25 heavy (non-hydrogen) atoms. The van der Waals surface area contributed by atoms with Crippen LogP contribution in [0.15, 0.2) is 65.6 Å². The number of hydrogen-bond acceptors (Lipinski definition) is 4. The third-order valence-electron chi connectivity index (χ3n) is 4.20. The van der Waals surface area contributed by atoms with Gasteiger partial charge in [0, 0.05) is 23.3 Å². The highest BCUT2D eigenvalue weighted by Gasteiger charge is 2.26. The van der Waals surface area contributed by atoms with Gasteiger partial charge in [0.15, 0.2) is 11.7 Å². The summed E-state index contributed by atoms with van der Waals surface area (Å²) in [4.78, 5) is 24.2. The lowest BCUT2D eigenvalue weighted by atomic mass is 10.1. The highest BCUT2D eigenvalue weighted by atomic mass is 16.5. The van der Waals surface area contributed by atoms with Gasteiger partial charge in [0.25, 0.3) is 0 Å². The van der Waals surface area contributed by atoms with E-state index < -0.39 is 0 Å². The van der Waals surface area contributed by atoms with Crippen molar-refractivity contribution < 1.29 is 9.53 Å². The number of H-pyrrole nitrogens is 1. The summed E-state index contributed by atoms with van der Waals surface area (Å²) in [5, 5.41) is 0.953. The lowest BCUT2D eigenvalue weighted by Gasteiger charge is -2.07. The fraction of sp³-hybridized carbons (Fsp3) is 0.150. The van der Waals surface area contributed by atoms with Gasteiger partial charge in [-0.15, -0.1) is 0 Å². The molecule has 3 aromatic rings. The molecule has 1 aliphatic rings. The lowest BCUT2D eigenvalue weighted by molar-refractivity contribution is -0.114. The molecule has 1 atom stereocenters. The van der Waals surface area contributed by atoms with Crippen LogP contribution in [0.25, 0.3) is 17.1 Å². The van der Waals surface area contributed by atoms with E-state index in [1.165, 1.54) is 0 Å². The Hall–Kier alpha value is -3.21. The minimum absolute atomic E-state index is 0.0550. The van der Waals surface area contributed by atoms with Crippen molar-refractivity contribution in [2.45, 2.75) is 19.4 Å². The van der Waals surface area contributed by atoms with Gasteiger partial charge in [0.2, 0.25) is 5.78 Å². The molecule has 5 heteroatoms. The standard InChI is InChI=1S/C20H17N3O2/c1-13(14-6-3-2-4-7-14)23-19-11-17(24)18(25-19)10-15-12-22-20-16(15)8-5-9-21-20/h2-10,12-13H,11H2,1H3,(H,21,22)/b18-10-,23-19?. The maximum Gasteiger partial charge on any atom is 0.207 e. The molecular weight excluding hydrogens is 314 g/mol. The maximum atomic E-state index is 12.3. The molecule has 4 rings (SSSR count). The van der Waals surface area contributed by atoms with Crippen LogP contribution in [0.3, 0.4) is 0 Å². The molecule has 1 aliphatic heterocycles. The number of Topliss-reactive ketones (excluding diaryl/α,β-unsaturated/α-hetero) is 1. The van der Waals surface area contributed by atoms with Crippen molar-refractivity contribution in [3.8, 4) is 0 Å². The fourth-order valence-corrected chi connectivity index (χ4v) is 2.89. The van der Waals surface area contributed by atoms with Gasteiger partial charge >= 0.3 is 0 Å². The number of aromatic amines is 1. The summed E-state index contributed by atoms with van der Waals surface area (Å²) in [5.41, 5.74) is 2.75. The van der Waals surface area contributed by atoms with Crippen LogP contribution in [-0.2, 0) is 9.53 Å².